The molecule has 0 aliphatic carbocycles. The minimum Gasteiger partial charge on any atom is -0.468 e. The van der Waals surface area contributed by atoms with Gasteiger partial charge in [-0.2, -0.15) is 13.2 Å². The summed E-state index contributed by atoms with van der Waals surface area (Å²) in [6.45, 7) is -0.828. The second kappa shape index (κ2) is 5.13. The lowest BCUT2D eigenvalue weighted by molar-refractivity contribution is -0.221. The van der Waals surface area contributed by atoms with Crippen LogP contribution in [0.25, 0.3) is 0 Å². The van der Waals surface area contributed by atoms with E-state index in [0.29, 0.717) is 0 Å². The van der Waals surface area contributed by atoms with Gasteiger partial charge in [0.05, 0.1) is 7.11 Å². The molecular formula is C10H15F3N2O3. The van der Waals surface area contributed by atoms with Crippen molar-refractivity contribution in [3.05, 3.63) is 0 Å². The van der Waals surface area contributed by atoms with Crippen LogP contribution in [0.1, 0.15) is 6.42 Å². The number of alkyl halides is 3. The molecule has 1 atom stereocenters. The Hall–Kier alpha value is -1.31. The largest absolute Gasteiger partial charge is 0.468 e. The van der Waals surface area contributed by atoms with Crippen molar-refractivity contribution >= 4 is 11.9 Å². The van der Waals surface area contributed by atoms with Gasteiger partial charge in [-0.15, -0.1) is 0 Å². The summed E-state index contributed by atoms with van der Waals surface area (Å²) in [4.78, 5) is 23.7. The van der Waals surface area contributed by atoms with Crippen LogP contribution in [-0.2, 0) is 14.3 Å². The quantitative estimate of drug-likeness (QED) is 0.741. The van der Waals surface area contributed by atoms with E-state index in [1.54, 1.807) is 0 Å². The van der Waals surface area contributed by atoms with Crippen LogP contribution >= 0.6 is 0 Å². The Bertz CT molecular complexity index is 338. The molecule has 1 N–H and O–H groups in total. The first-order valence-electron chi connectivity index (χ1n) is 5.34. The molecule has 0 spiro atoms. The number of methoxy groups -OCH3 is 1. The van der Waals surface area contributed by atoms with Crippen LogP contribution in [0.5, 0.6) is 0 Å². The van der Waals surface area contributed by atoms with Crippen LogP contribution in [0.4, 0.5) is 13.2 Å². The Labute approximate surface area is 102 Å². The van der Waals surface area contributed by atoms with Crippen LogP contribution in [-0.4, -0.2) is 56.7 Å². The summed E-state index contributed by atoms with van der Waals surface area (Å²) in [5, 5.41) is 2.54. The monoisotopic (exact) mass is 268 g/mol. The van der Waals surface area contributed by atoms with Gasteiger partial charge in [-0.25, -0.2) is 0 Å². The highest BCUT2D eigenvalue weighted by molar-refractivity contribution is 5.87. The van der Waals surface area contributed by atoms with E-state index in [9.17, 15) is 22.8 Å². The smallest absolute Gasteiger partial charge is 0.404 e. The second-order valence-corrected chi connectivity index (χ2v) is 4.24. The summed E-state index contributed by atoms with van der Waals surface area (Å²) in [6, 6.07) is 0. The molecule has 1 aliphatic heterocycles. The Kier molecular flexibility index (Phi) is 4.20. The summed E-state index contributed by atoms with van der Waals surface area (Å²) in [7, 11) is 2.27. The van der Waals surface area contributed by atoms with Crippen molar-refractivity contribution in [1.29, 1.82) is 0 Å². The summed E-state index contributed by atoms with van der Waals surface area (Å²) in [5.41, 5.74) is -2.43. The van der Waals surface area contributed by atoms with E-state index in [0.717, 1.165) is 19.1 Å². The standard InChI is InChI=1S/C10H15F3N2O3/c1-15(5-7(16)18-2)8(17)9(10(11,12)13)3-4-14-6-9/h14H,3-6H2,1-2H3. The Morgan fingerprint density at radius 2 is 2.06 bits per heavy atom. The third-order valence-corrected chi connectivity index (χ3v) is 3.05. The third-order valence-electron chi connectivity index (χ3n) is 3.05. The number of halogens is 3. The van der Waals surface area contributed by atoms with Gasteiger partial charge in [-0.05, 0) is 13.0 Å². The summed E-state index contributed by atoms with van der Waals surface area (Å²) >= 11 is 0. The second-order valence-electron chi connectivity index (χ2n) is 4.24. The third kappa shape index (κ3) is 2.58. The average Bonchev–Trinajstić information content (AvgIpc) is 2.77. The molecule has 18 heavy (non-hydrogen) atoms. The SMILES string of the molecule is COC(=O)CN(C)C(=O)C1(C(F)(F)F)CCNC1. The zero-order chi connectivity index (χ0) is 14.0. The summed E-state index contributed by atoms with van der Waals surface area (Å²) in [5.74, 6) is -1.86. The molecule has 0 aromatic rings. The molecule has 0 aromatic carbocycles. The van der Waals surface area contributed by atoms with Crippen LogP contribution in [0.3, 0.4) is 0 Å². The van der Waals surface area contributed by atoms with E-state index in [2.05, 4.69) is 10.1 Å². The number of hydrogen-bond acceptors (Lipinski definition) is 4. The molecule has 1 unspecified atom stereocenters. The number of likely N-dealkylation sites (N-methyl/N-ethyl adjacent to an activating group) is 1. The number of amides is 1. The van der Waals surface area contributed by atoms with Crippen molar-refractivity contribution in [2.24, 2.45) is 5.41 Å². The van der Waals surface area contributed by atoms with E-state index in [4.69, 9.17) is 0 Å². The van der Waals surface area contributed by atoms with Gasteiger partial charge in [0.15, 0.2) is 5.41 Å². The molecule has 1 saturated heterocycles. The number of nitrogens with one attached hydrogen (secondary N) is 1. The lowest BCUT2D eigenvalue weighted by Crippen LogP contribution is -2.53. The lowest BCUT2D eigenvalue weighted by atomic mass is 9.84. The maximum atomic E-state index is 13.0. The van der Waals surface area contributed by atoms with Gasteiger partial charge in [0.25, 0.3) is 0 Å². The number of nitrogens with zero attached hydrogens (tertiary/aromatic N) is 1. The summed E-state index contributed by atoms with van der Waals surface area (Å²) < 4.78 is 43.4. The van der Waals surface area contributed by atoms with Crippen LogP contribution in [0.15, 0.2) is 0 Å². The molecule has 5 nitrogen and oxygen atoms in total. The Morgan fingerprint density at radius 3 is 2.44 bits per heavy atom. The number of hydrogen-bond donors (Lipinski definition) is 1. The van der Waals surface area contributed by atoms with Crippen molar-refractivity contribution < 1.29 is 27.5 Å². The Morgan fingerprint density at radius 1 is 1.44 bits per heavy atom. The predicted molar refractivity (Wildman–Crippen MR) is 55.6 cm³/mol. The minimum atomic E-state index is -4.64. The first kappa shape index (κ1) is 14.7. The topological polar surface area (TPSA) is 58.6 Å². The minimum absolute atomic E-state index is 0.122. The van der Waals surface area contributed by atoms with E-state index < -0.39 is 36.6 Å². The molecule has 1 heterocycles. The van der Waals surface area contributed by atoms with Crippen molar-refractivity contribution in [2.45, 2.75) is 12.6 Å². The number of ether oxygens (including phenoxy) is 1. The number of carbonyl (C=O) groups excluding carboxylic acids is 2. The fourth-order valence-electron chi connectivity index (χ4n) is 1.93. The molecular weight excluding hydrogens is 253 g/mol. The number of rotatable bonds is 3. The van der Waals surface area contributed by atoms with E-state index >= 15 is 0 Å². The Balaban J connectivity index is 2.88. The highest BCUT2D eigenvalue weighted by Crippen LogP contribution is 2.44. The molecule has 1 amide bonds. The fourth-order valence-corrected chi connectivity index (χ4v) is 1.93. The molecule has 0 aromatic heterocycles. The first-order chi connectivity index (χ1) is 8.24. The van der Waals surface area contributed by atoms with Gasteiger partial charge in [0, 0.05) is 13.6 Å². The molecule has 1 fully saturated rings. The van der Waals surface area contributed by atoms with E-state index in [1.807, 2.05) is 0 Å². The molecule has 1 rings (SSSR count). The van der Waals surface area contributed by atoms with E-state index in [1.165, 1.54) is 0 Å². The van der Waals surface area contributed by atoms with Crippen molar-refractivity contribution in [2.75, 3.05) is 33.8 Å². The van der Waals surface area contributed by atoms with Gasteiger partial charge in [0.2, 0.25) is 5.91 Å². The average molecular weight is 268 g/mol. The van der Waals surface area contributed by atoms with Gasteiger partial charge in [0.1, 0.15) is 6.54 Å². The highest BCUT2D eigenvalue weighted by Gasteiger charge is 2.62. The maximum absolute atomic E-state index is 13.0. The molecule has 8 heteroatoms. The van der Waals surface area contributed by atoms with Crippen LogP contribution in [0.2, 0.25) is 0 Å². The van der Waals surface area contributed by atoms with Crippen molar-refractivity contribution in [3.63, 3.8) is 0 Å². The molecule has 104 valence electrons. The number of esters is 1. The molecule has 0 radical (unpaired) electrons. The summed E-state index contributed by atoms with van der Waals surface area (Å²) in [6.07, 6.45) is -4.96. The number of carbonyl (C=O) groups is 2. The van der Waals surface area contributed by atoms with Gasteiger partial charge < -0.3 is 15.0 Å². The normalized spacial score (nSPS) is 23.8. The maximum Gasteiger partial charge on any atom is 0.404 e. The predicted octanol–water partition coefficient (Wildman–Crippen LogP) is 0.160. The first-order valence-corrected chi connectivity index (χ1v) is 5.34. The lowest BCUT2D eigenvalue weighted by Gasteiger charge is -2.32. The van der Waals surface area contributed by atoms with Crippen LogP contribution in [0, 0.1) is 5.41 Å². The van der Waals surface area contributed by atoms with Gasteiger partial charge >= 0.3 is 12.1 Å². The molecule has 0 bridgehead atoms. The van der Waals surface area contributed by atoms with Gasteiger partial charge in [-0.1, -0.05) is 0 Å². The van der Waals surface area contributed by atoms with Crippen LogP contribution < -0.4 is 5.32 Å². The molecule has 0 saturated carbocycles. The highest BCUT2D eigenvalue weighted by atomic mass is 19.4. The zero-order valence-corrected chi connectivity index (χ0v) is 10.1. The van der Waals surface area contributed by atoms with Crippen molar-refractivity contribution in [3.8, 4) is 0 Å². The fraction of sp³-hybridized carbons (Fsp3) is 0.800. The zero-order valence-electron chi connectivity index (χ0n) is 10.1. The van der Waals surface area contributed by atoms with Crippen molar-refractivity contribution in [1.82, 2.24) is 10.2 Å². The molecule has 1 aliphatic rings. The van der Waals surface area contributed by atoms with Gasteiger partial charge in [-0.3, -0.25) is 9.59 Å². The van der Waals surface area contributed by atoms with E-state index in [-0.39, 0.29) is 13.0 Å².